The van der Waals surface area contributed by atoms with Crippen molar-refractivity contribution in [3.8, 4) is 0 Å². The number of methoxy groups -OCH3 is 2. The van der Waals surface area contributed by atoms with Gasteiger partial charge in [0.1, 0.15) is 6.10 Å². The van der Waals surface area contributed by atoms with Gasteiger partial charge in [0.2, 0.25) is 0 Å². The summed E-state index contributed by atoms with van der Waals surface area (Å²) in [5.41, 5.74) is 0. The first-order chi connectivity index (χ1) is 5.85. The topological polar surface area (TPSA) is 47.9 Å². The first kappa shape index (κ1) is 11.8. The zero-order valence-electron chi connectivity index (χ0n) is 7.78. The number of rotatable bonds is 8. The standard InChI is InChI=1S/C8H18O4/c1-10-6-8(11-2)7-12-5-3-4-9/h8-9H,3-7H2,1-2H3. The second-order valence-electron chi connectivity index (χ2n) is 2.47. The van der Waals surface area contributed by atoms with Gasteiger partial charge >= 0.3 is 0 Å². The predicted molar refractivity (Wildman–Crippen MR) is 45.2 cm³/mol. The monoisotopic (exact) mass is 178 g/mol. The molecular weight excluding hydrogens is 160 g/mol. The van der Waals surface area contributed by atoms with Gasteiger partial charge in [-0.15, -0.1) is 0 Å². The van der Waals surface area contributed by atoms with E-state index in [1.54, 1.807) is 14.2 Å². The Kier molecular flexibility index (Phi) is 8.81. The van der Waals surface area contributed by atoms with Crippen LogP contribution in [0.25, 0.3) is 0 Å². The highest BCUT2D eigenvalue weighted by Crippen LogP contribution is 1.92. The Balaban J connectivity index is 3.19. The van der Waals surface area contributed by atoms with Crippen LogP contribution in [0.15, 0.2) is 0 Å². The van der Waals surface area contributed by atoms with Crippen LogP contribution in [-0.4, -0.2) is 51.9 Å². The van der Waals surface area contributed by atoms with Crippen molar-refractivity contribution >= 4 is 0 Å². The molecule has 74 valence electrons. The molecule has 12 heavy (non-hydrogen) atoms. The minimum absolute atomic E-state index is 0.00584. The van der Waals surface area contributed by atoms with Crippen molar-refractivity contribution in [2.45, 2.75) is 12.5 Å². The summed E-state index contributed by atoms with van der Waals surface area (Å²) in [7, 11) is 3.25. The number of aliphatic hydroxyl groups is 1. The molecule has 0 heterocycles. The fraction of sp³-hybridized carbons (Fsp3) is 1.00. The average Bonchev–Trinajstić information content (AvgIpc) is 2.10. The first-order valence-corrected chi connectivity index (χ1v) is 4.05. The summed E-state index contributed by atoms with van der Waals surface area (Å²) in [5, 5.41) is 8.46. The quantitative estimate of drug-likeness (QED) is 0.533. The van der Waals surface area contributed by atoms with E-state index in [1.807, 2.05) is 0 Å². The Morgan fingerprint density at radius 1 is 1.25 bits per heavy atom. The van der Waals surface area contributed by atoms with Gasteiger partial charge in [-0.3, -0.25) is 0 Å². The van der Waals surface area contributed by atoms with Crippen molar-refractivity contribution in [3.63, 3.8) is 0 Å². The van der Waals surface area contributed by atoms with Crippen LogP contribution in [0, 0.1) is 0 Å². The number of ether oxygens (including phenoxy) is 3. The van der Waals surface area contributed by atoms with Crippen LogP contribution in [0.5, 0.6) is 0 Å². The molecule has 0 saturated carbocycles. The second kappa shape index (κ2) is 8.93. The summed E-state index contributed by atoms with van der Waals surface area (Å²) in [6.07, 6.45) is 0.664. The molecule has 0 aliphatic rings. The van der Waals surface area contributed by atoms with Gasteiger partial charge in [-0.05, 0) is 6.42 Å². The lowest BCUT2D eigenvalue weighted by atomic mass is 10.4. The van der Waals surface area contributed by atoms with Crippen LogP contribution in [0.3, 0.4) is 0 Å². The molecule has 0 aromatic heterocycles. The van der Waals surface area contributed by atoms with Crippen molar-refractivity contribution in [2.75, 3.05) is 40.6 Å². The normalized spacial score (nSPS) is 13.2. The van der Waals surface area contributed by atoms with Crippen molar-refractivity contribution < 1.29 is 19.3 Å². The van der Waals surface area contributed by atoms with Gasteiger partial charge in [0.15, 0.2) is 0 Å². The molecule has 0 aromatic rings. The summed E-state index contributed by atoms with van der Waals surface area (Å²) in [4.78, 5) is 0. The summed E-state index contributed by atoms with van der Waals surface area (Å²) in [6, 6.07) is 0. The maximum Gasteiger partial charge on any atom is 0.104 e. The Hall–Kier alpha value is -0.160. The van der Waals surface area contributed by atoms with Crippen molar-refractivity contribution in [3.05, 3.63) is 0 Å². The lowest BCUT2D eigenvalue weighted by Crippen LogP contribution is -2.23. The Bertz CT molecular complexity index is 87.1. The van der Waals surface area contributed by atoms with Gasteiger partial charge in [0.25, 0.3) is 0 Å². The molecule has 0 fully saturated rings. The van der Waals surface area contributed by atoms with Gasteiger partial charge in [0, 0.05) is 27.4 Å². The van der Waals surface area contributed by atoms with Crippen LogP contribution in [0.1, 0.15) is 6.42 Å². The van der Waals surface area contributed by atoms with E-state index >= 15 is 0 Å². The molecule has 0 radical (unpaired) electrons. The number of hydrogen-bond acceptors (Lipinski definition) is 4. The van der Waals surface area contributed by atoms with Gasteiger partial charge in [-0.25, -0.2) is 0 Å². The SMILES string of the molecule is COCC(COCCCO)OC. The molecule has 1 atom stereocenters. The molecule has 4 heteroatoms. The van der Waals surface area contributed by atoms with E-state index in [2.05, 4.69) is 0 Å². The zero-order chi connectivity index (χ0) is 9.23. The lowest BCUT2D eigenvalue weighted by Gasteiger charge is -2.13. The van der Waals surface area contributed by atoms with E-state index in [0.29, 0.717) is 26.2 Å². The number of aliphatic hydroxyl groups excluding tert-OH is 1. The van der Waals surface area contributed by atoms with E-state index in [-0.39, 0.29) is 12.7 Å². The summed E-state index contributed by atoms with van der Waals surface area (Å²) >= 11 is 0. The Morgan fingerprint density at radius 3 is 2.50 bits per heavy atom. The summed E-state index contributed by atoms with van der Waals surface area (Å²) in [6.45, 7) is 1.79. The van der Waals surface area contributed by atoms with Gasteiger partial charge in [-0.2, -0.15) is 0 Å². The molecule has 1 N–H and O–H groups in total. The van der Waals surface area contributed by atoms with Crippen LogP contribution in [0.4, 0.5) is 0 Å². The third kappa shape index (κ3) is 6.54. The largest absolute Gasteiger partial charge is 0.396 e. The van der Waals surface area contributed by atoms with Crippen molar-refractivity contribution in [2.24, 2.45) is 0 Å². The fourth-order valence-corrected chi connectivity index (χ4v) is 0.751. The van der Waals surface area contributed by atoms with Crippen LogP contribution >= 0.6 is 0 Å². The minimum atomic E-state index is -0.00584. The van der Waals surface area contributed by atoms with E-state index in [0.717, 1.165) is 0 Å². The third-order valence-corrected chi connectivity index (χ3v) is 1.44. The molecule has 0 rings (SSSR count). The zero-order valence-corrected chi connectivity index (χ0v) is 7.78. The average molecular weight is 178 g/mol. The minimum Gasteiger partial charge on any atom is -0.396 e. The third-order valence-electron chi connectivity index (χ3n) is 1.44. The Morgan fingerprint density at radius 2 is 2.00 bits per heavy atom. The molecule has 0 aliphatic carbocycles. The van der Waals surface area contributed by atoms with Crippen LogP contribution in [0.2, 0.25) is 0 Å². The highest BCUT2D eigenvalue weighted by atomic mass is 16.5. The molecule has 0 spiro atoms. The molecular formula is C8H18O4. The van der Waals surface area contributed by atoms with E-state index < -0.39 is 0 Å². The molecule has 0 aliphatic heterocycles. The fourth-order valence-electron chi connectivity index (χ4n) is 0.751. The van der Waals surface area contributed by atoms with Gasteiger partial charge < -0.3 is 19.3 Å². The highest BCUT2D eigenvalue weighted by Gasteiger charge is 2.05. The molecule has 1 unspecified atom stereocenters. The summed E-state index contributed by atoms with van der Waals surface area (Å²) < 4.78 is 15.2. The molecule has 0 saturated heterocycles. The highest BCUT2D eigenvalue weighted by molar-refractivity contribution is 4.52. The van der Waals surface area contributed by atoms with Crippen molar-refractivity contribution in [1.29, 1.82) is 0 Å². The second-order valence-corrected chi connectivity index (χ2v) is 2.47. The van der Waals surface area contributed by atoms with Crippen molar-refractivity contribution in [1.82, 2.24) is 0 Å². The van der Waals surface area contributed by atoms with E-state index in [4.69, 9.17) is 19.3 Å². The maximum atomic E-state index is 8.46. The molecule has 0 aromatic carbocycles. The van der Waals surface area contributed by atoms with E-state index in [1.165, 1.54) is 0 Å². The predicted octanol–water partition coefficient (Wildman–Crippen LogP) is 0.0468. The van der Waals surface area contributed by atoms with Gasteiger partial charge in [-0.1, -0.05) is 0 Å². The maximum absolute atomic E-state index is 8.46. The molecule has 0 bridgehead atoms. The summed E-state index contributed by atoms with van der Waals surface area (Å²) in [5.74, 6) is 0. The lowest BCUT2D eigenvalue weighted by molar-refractivity contribution is -0.0321. The van der Waals surface area contributed by atoms with E-state index in [9.17, 15) is 0 Å². The van der Waals surface area contributed by atoms with Gasteiger partial charge in [0.05, 0.1) is 13.2 Å². The number of hydrogen-bond donors (Lipinski definition) is 1. The molecule has 4 nitrogen and oxygen atoms in total. The Labute approximate surface area is 73.4 Å². The van der Waals surface area contributed by atoms with Crippen LogP contribution < -0.4 is 0 Å². The molecule has 0 amide bonds. The first-order valence-electron chi connectivity index (χ1n) is 4.05. The smallest absolute Gasteiger partial charge is 0.104 e. The van der Waals surface area contributed by atoms with Crippen LogP contribution in [-0.2, 0) is 14.2 Å².